The van der Waals surface area contributed by atoms with Gasteiger partial charge in [0.2, 0.25) is 5.72 Å². The lowest BCUT2D eigenvalue weighted by atomic mass is 9.68. The van der Waals surface area contributed by atoms with Crippen molar-refractivity contribution in [3.8, 4) is 23.0 Å². The lowest BCUT2D eigenvalue weighted by Crippen LogP contribution is -2.64. The van der Waals surface area contributed by atoms with Gasteiger partial charge in [0.1, 0.15) is 28.9 Å². The van der Waals surface area contributed by atoms with Crippen LogP contribution in [0.1, 0.15) is 22.6 Å². The third kappa shape index (κ3) is 3.56. The van der Waals surface area contributed by atoms with Crippen LogP contribution in [0.5, 0.6) is 23.0 Å². The SMILES string of the molecule is COC(=O)[C@@H]1[C@@H](c2ccccc2)[C@]2(c3ccc(OC)cc3)Oc3cc(OC)cc(OC)c3[C@@]23NC(N2CCOCC2)=N[C@@]13O. The molecule has 11 nitrogen and oxygen atoms in total. The Kier molecular flexibility index (Phi) is 6.63. The number of hydrogen-bond acceptors (Lipinski definition) is 11. The van der Waals surface area contributed by atoms with Crippen LogP contribution in [0.25, 0.3) is 0 Å². The van der Waals surface area contributed by atoms with E-state index in [-0.39, 0.29) is 0 Å². The summed E-state index contributed by atoms with van der Waals surface area (Å²) in [5.74, 6) is -0.144. The molecule has 44 heavy (non-hydrogen) atoms. The molecule has 4 aliphatic rings. The third-order valence-corrected chi connectivity index (χ3v) is 9.47. The van der Waals surface area contributed by atoms with Gasteiger partial charge in [0.15, 0.2) is 17.1 Å². The average Bonchev–Trinajstić information content (AvgIpc) is 3.61. The van der Waals surface area contributed by atoms with E-state index in [1.54, 1.807) is 33.5 Å². The number of hydrogen-bond donors (Lipinski definition) is 2. The molecular formula is C33H35N3O8. The molecule has 2 N–H and O–H groups in total. The van der Waals surface area contributed by atoms with Crippen molar-refractivity contribution in [1.29, 1.82) is 0 Å². The number of nitrogens with one attached hydrogen (secondary N) is 1. The van der Waals surface area contributed by atoms with Crippen molar-refractivity contribution in [2.75, 3.05) is 54.7 Å². The lowest BCUT2D eigenvalue weighted by Gasteiger charge is -2.44. The molecule has 1 saturated carbocycles. The lowest BCUT2D eigenvalue weighted by molar-refractivity contribution is -0.156. The van der Waals surface area contributed by atoms with Crippen molar-refractivity contribution in [1.82, 2.24) is 10.2 Å². The summed E-state index contributed by atoms with van der Waals surface area (Å²) in [4.78, 5) is 21.1. The zero-order valence-corrected chi connectivity index (χ0v) is 25.0. The Hall–Kier alpha value is -4.48. The maximum absolute atomic E-state index is 14.1. The van der Waals surface area contributed by atoms with Crippen LogP contribution in [0.4, 0.5) is 0 Å². The number of fused-ring (bicyclic) bond motifs is 1. The minimum absolute atomic E-state index is 0.413. The van der Waals surface area contributed by atoms with Gasteiger partial charge in [-0.15, -0.1) is 0 Å². The first-order valence-electron chi connectivity index (χ1n) is 14.5. The van der Waals surface area contributed by atoms with Gasteiger partial charge in [0, 0.05) is 31.1 Å². The number of carbonyl (C=O) groups excluding carboxylic acids is 1. The minimum Gasteiger partial charge on any atom is -0.497 e. The minimum atomic E-state index is -2.10. The monoisotopic (exact) mass is 601 g/mol. The number of benzene rings is 3. The Morgan fingerprint density at radius 3 is 2.30 bits per heavy atom. The van der Waals surface area contributed by atoms with Crippen LogP contribution in [-0.4, -0.2) is 82.4 Å². The molecule has 11 heteroatoms. The molecule has 5 atom stereocenters. The number of ether oxygens (including phenoxy) is 6. The zero-order valence-electron chi connectivity index (χ0n) is 25.0. The highest BCUT2D eigenvalue weighted by atomic mass is 16.5. The quantitative estimate of drug-likeness (QED) is 0.408. The summed E-state index contributed by atoms with van der Waals surface area (Å²) in [6, 6.07) is 20.6. The van der Waals surface area contributed by atoms with E-state index >= 15 is 0 Å². The van der Waals surface area contributed by atoms with Gasteiger partial charge in [-0.1, -0.05) is 42.5 Å². The molecule has 3 aromatic rings. The fourth-order valence-corrected chi connectivity index (χ4v) is 7.68. The summed E-state index contributed by atoms with van der Waals surface area (Å²) in [6.07, 6.45) is 0. The summed E-state index contributed by atoms with van der Waals surface area (Å²) in [6.45, 7) is 2.09. The van der Waals surface area contributed by atoms with E-state index in [2.05, 4.69) is 5.32 Å². The molecule has 3 heterocycles. The van der Waals surface area contributed by atoms with Crippen molar-refractivity contribution < 1.29 is 38.3 Å². The summed E-state index contributed by atoms with van der Waals surface area (Å²) < 4.78 is 35.4. The van der Waals surface area contributed by atoms with Crippen LogP contribution in [-0.2, 0) is 25.4 Å². The fraction of sp³-hybridized carbons (Fsp3) is 0.394. The number of esters is 1. The Balaban J connectivity index is 1.61. The van der Waals surface area contributed by atoms with E-state index in [0.717, 1.165) is 5.56 Å². The van der Waals surface area contributed by atoms with E-state index in [1.807, 2.05) is 59.5 Å². The van der Waals surface area contributed by atoms with E-state index in [0.29, 0.717) is 66.4 Å². The highest BCUT2D eigenvalue weighted by molar-refractivity contribution is 5.90. The van der Waals surface area contributed by atoms with Gasteiger partial charge >= 0.3 is 5.97 Å². The van der Waals surface area contributed by atoms with Crippen molar-refractivity contribution in [3.63, 3.8) is 0 Å². The average molecular weight is 602 g/mol. The first-order valence-corrected chi connectivity index (χ1v) is 14.5. The molecule has 1 saturated heterocycles. The standard InChI is InChI=1S/C33H35N3O8/c1-39-22-12-10-21(11-13-22)31-26(20-8-6-5-7-9-20)28(29(37)42-4)33(38)32(31,34-30(35-33)36-14-16-43-17-15-36)27-24(41-3)18-23(40-2)19-25(27)44-31/h5-13,18-19,26,28,38H,14-17H2,1-4H3,(H,34,35)/t26-,28+,31+,32-,33-/m1/s1. The number of aliphatic hydroxyl groups is 1. The second kappa shape index (κ2) is 10.3. The van der Waals surface area contributed by atoms with Crippen LogP contribution in [0, 0.1) is 5.92 Å². The van der Waals surface area contributed by atoms with Gasteiger partial charge in [0.25, 0.3) is 0 Å². The highest BCUT2D eigenvalue weighted by Crippen LogP contribution is 2.75. The number of methoxy groups -OCH3 is 4. The summed E-state index contributed by atoms with van der Waals surface area (Å²) in [5, 5.41) is 17.0. The van der Waals surface area contributed by atoms with Crippen LogP contribution in [0.15, 0.2) is 71.7 Å². The van der Waals surface area contributed by atoms with Gasteiger partial charge in [-0.2, -0.15) is 0 Å². The van der Waals surface area contributed by atoms with Gasteiger partial charge in [-0.05, 0) is 23.3 Å². The fourth-order valence-electron chi connectivity index (χ4n) is 7.68. The maximum Gasteiger partial charge on any atom is 0.314 e. The van der Waals surface area contributed by atoms with Crippen LogP contribution in [0.2, 0.25) is 0 Å². The summed E-state index contributed by atoms with van der Waals surface area (Å²) in [5.41, 5.74) is -3.12. The smallest absolute Gasteiger partial charge is 0.314 e. The molecule has 1 aliphatic carbocycles. The second-order valence-corrected chi connectivity index (χ2v) is 11.3. The molecule has 3 aliphatic heterocycles. The topological polar surface area (TPSA) is 120 Å². The van der Waals surface area contributed by atoms with E-state index < -0.39 is 34.7 Å². The van der Waals surface area contributed by atoms with Gasteiger partial charge < -0.3 is 43.7 Å². The molecule has 3 aromatic carbocycles. The molecule has 7 rings (SSSR count). The molecule has 1 spiro atoms. The highest BCUT2D eigenvalue weighted by Gasteiger charge is 2.87. The predicted octanol–water partition coefficient (Wildman–Crippen LogP) is 2.76. The van der Waals surface area contributed by atoms with E-state index in [1.165, 1.54) is 7.11 Å². The Morgan fingerprint density at radius 1 is 0.955 bits per heavy atom. The second-order valence-electron chi connectivity index (χ2n) is 11.3. The number of guanidine groups is 1. The molecule has 0 amide bonds. The molecule has 0 aromatic heterocycles. The van der Waals surface area contributed by atoms with Gasteiger partial charge in [0.05, 0.1) is 47.2 Å². The Bertz CT molecular complexity index is 1610. The first kappa shape index (κ1) is 28.3. The Morgan fingerprint density at radius 2 is 1.66 bits per heavy atom. The zero-order chi connectivity index (χ0) is 30.7. The number of carbonyl (C=O) groups is 1. The Labute approximate surface area is 255 Å². The van der Waals surface area contributed by atoms with Gasteiger partial charge in [-0.3, -0.25) is 4.79 Å². The van der Waals surface area contributed by atoms with Gasteiger partial charge in [-0.25, -0.2) is 4.99 Å². The van der Waals surface area contributed by atoms with E-state index in [4.69, 9.17) is 33.4 Å². The maximum atomic E-state index is 14.1. The number of rotatable bonds is 6. The normalized spacial score (nSPS) is 29.8. The van der Waals surface area contributed by atoms with Crippen molar-refractivity contribution in [3.05, 3.63) is 83.4 Å². The molecule has 2 fully saturated rings. The van der Waals surface area contributed by atoms with Crippen molar-refractivity contribution in [2.24, 2.45) is 10.9 Å². The molecular weight excluding hydrogens is 566 g/mol. The first-order chi connectivity index (χ1) is 21.4. The summed E-state index contributed by atoms with van der Waals surface area (Å²) >= 11 is 0. The number of morpholine rings is 1. The predicted molar refractivity (Wildman–Crippen MR) is 159 cm³/mol. The van der Waals surface area contributed by atoms with E-state index in [9.17, 15) is 9.90 Å². The molecule has 0 radical (unpaired) electrons. The van der Waals surface area contributed by atoms with Crippen LogP contribution >= 0.6 is 0 Å². The van der Waals surface area contributed by atoms with Crippen molar-refractivity contribution in [2.45, 2.75) is 22.8 Å². The largest absolute Gasteiger partial charge is 0.497 e. The molecule has 0 bridgehead atoms. The number of aliphatic imine (C=N–C) groups is 1. The number of nitrogens with zero attached hydrogens (tertiary/aromatic N) is 2. The van der Waals surface area contributed by atoms with Crippen LogP contribution in [0.3, 0.4) is 0 Å². The summed E-state index contributed by atoms with van der Waals surface area (Å²) in [7, 11) is 6.05. The third-order valence-electron chi connectivity index (χ3n) is 9.47. The molecule has 0 unspecified atom stereocenters. The van der Waals surface area contributed by atoms with Crippen LogP contribution < -0.4 is 24.3 Å². The molecule has 230 valence electrons. The van der Waals surface area contributed by atoms with Crippen molar-refractivity contribution >= 4 is 11.9 Å².